The maximum atomic E-state index is 14.0. The first-order valence-corrected chi connectivity index (χ1v) is 11.1. The minimum atomic E-state index is -0.692. The Bertz CT molecular complexity index is 1360. The Balaban J connectivity index is 1.61. The monoisotopic (exact) mass is 438 g/mol. The zero-order chi connectivity index (χ0) is 23.2. The highest BCUT2D eigenvalue weighted by Gasteiger charge is 2.66. The molecule has 0 aromatic heterocycles. The molecule has 3 aromatic carbocycles. The Kier molecular flexibility index (Phi) is 3.84. The number of nitro benzene ring substituents is 1. The van der Waals surface area contributed by atoms with Crippen LogP contribution in [0.1, 0.15) is 46.2 Å². The minimum absolute atomic E-state index is 0.0728. The van der Waals surface area contributed by atoms with Crippen LogP contribution in [0.2, 0.25) is 0 Å². The minimum Gasteiger partial charge on any atom is -0.274 e. The van der Waals surface area contributed by atoms with E-state index in [0.29, 0.717) is 0 Å². The standard InChI is InChI=1S/C27H22N2O4/c1-14-12-20(21(29(32)33)13-15(14)2)28-25(30)23-22-16-8-4-6-10-18(16)27(3,24(23)26(28)31)19-11-7-5-9-17(19)22/h4-13,22-24H,1-3H3/t22?,23-,24-,27?/m1/s1. The van der Waals surface area contributed by atoms with Gasteiger partial charge in [0.2, 0.25) is 11.8 Å². The number of benzene rings is 3. The summed E-state index contributed by atoms with van der Waals surface area (Å²) in [7, 11) is 0. The third-order valence-corrected chi connectivity index (χ3v) is 8.07. The van der Waals surface area contributed by atoms with Crippen LogP contribution >= 0.6 is 0 Å². The number of amides is 2. The maximum Gasteiger partial charge on any atom is 0.293 e. The fraction of sp³-hybridized carbons (Fsp3) is 0.259. The van der Waals surface area contributed by atoms with Crippen molar-refractivity contribution >= 4 is 23.2 Å². The second-order valence-electron chi connectivity index (χ2n) is 9.55. The molecule has 2 amide bonds. The molecular weight excluding hydrogens is 416 g/mol. The molecule has 2 atom stereocenters. The number of imide groups is 1. The SMILES string of the molecule is Cc1cc(N2C(=O)[C@@H]3C4c5ccccc5C(C)(c5ccccc54)[C@H]3C2=O)c([N+](=O)[O-])cc1C. The van der Waals surface area contributed by atoms with E-state index in [9.17, 15) is 19.7 Å². The van der Waals surface area contributed by atoms with E-state index in [1.165, 1.54) is 6.07 Å². The Morgan fingerprint density at radius 2 is 1.42 bits per heavy atom. The van der Waals surface area contributed by atoms with Gasteiger partial charge in [-0.15, -0.1) is 0 Å². The molecule has 6 heteroatoms. The van der Waals surface area contributed by atoms with Gasteiger partial charge in [-0.05, 0) is 53.3 Å². The summed E-state index contributed by atoms with van der Waals surface area (Å²) < 4.78 is 0. The van der Waals surface area contributed by atoms with Crippen LogP contribution in [-0.2, 0) is 15.0 Å². The molecule has 3 aliphatic carbocycles. The number of aryl methyl sites for hydroxylation is 2. The van der Waals surface area contributed by atoms with Crippen LogP contribution in [0, 0.1) is 35.8 Å². The average Bonchev–Trinajstić information content (AvgIpc) is 3.07. The molecule has 1 aliphatic heterocycles. The summed E-state index contributed by atoms with van der Waals surface area (Å²) in [5.41, 5.74) is 4.97. The molecule has 0 spiro atoms. The first-order valence-electron chi connectivity index (χ1n) is 11.1. The second-order valence-corrected chi connectivity index (χ2v) is 9.55. The fourth-order valence-corrected chi connectivity index (χ4v) is 6.50. The summed E-state index contributed by atoms with van der Waals surface area (Å²) in [6.45, 7) is 5.66. The third kappa shape index (κ3) is 2.28. The number of hydrogen-bond acceptors (Lipinski definition) is 4. The van der Waals surface area contributed by atoms with Gasteiger partial charge in [-0.2, -0.15) is 0 Å². The van der Waals surface area contributed by atoms with Gasteiger partial charge in [-0.25, -0.2) is 4.90 Å². The van der Waals surface area contributed by atoms with Gasteiger partial charge in [0.05, 0.1) is 16.8 Å². The molecule has 7 rings (SSSR count). The van der Waals surface area contributed by atoms with Crippen molar-refractivity contribution in [3.63, 3.8) is 0 Å². The summed E-state index contributed by atoms with van der Waals surface area (Å²) in [5, 5.41) is 11.9. The van der Waals surface area contributed by atoms with E-state index >= 15 is 0 Å². The Hall–Kier alpha value is -3.80. The van der Waals surface area contributed by atoms with Crippen LogP contribution in [0.15, 0.2) is 60.7 Å². The summed E-state index contributed by atoms with van der Waals surface area (Å²) in [5.74, 6) is -2.16. The summed E-state index contributed by atoms with van der Waals surface area (Å²) >= 11 is 0. The van der Waals surface area contributed by atoms with Gasteiger partial charge < -0.3 is 0 Å². The van der Waals surface area contributed by atoms with E-state index in [4.69, 9.17) is 0 Å². The molecule has 1 heterocycles. The van der Waals surface area contributed by atoms with Crippen molar-refractivity contribution in [2.24, 2.45) is 11.8 Å². The lowest BCUT2D eigenvalue weighted by atomic mass is 9.48. The van der Waals surface area contributed by atoms with Crippen molar-refractivity contribution in [2.45, 2.75) is 32.1 Å². The second kappa shape index (κ2) is 6.38. The quantitative estimate of drug-likeness (QED) is 0.328. The zero-order valence-corrected chi connectivity index (χ0v) is 18.5. The smallest absolute Gasteiger partial charge is 0.274 e. The first kappa shape index (κ1) is 19.9. The Morgan fingerprint density at radius 3 is 2.00 bits per heavy atom. The molecule has 33 heavy (non-hydrogen) atoms. The predicted octanol–water partition coefficient (Wildman–Crippen LogP) is 4.78. The molecule has 0 N–H and O–H groups in total. The largest absolute Gasteiger partial charge is 0.293 e. The number of hydrogen-bond donors (Lipinski definition) is 0. The van der Waals surface area contributed by atoms with Crippen molar-refractivity contribution in [1.82, 2.24) is 0 Å². The topological polar surface area (TPSA) is 80.5 Å². The average molecular weight is 438 g/mol. The summed E-state index contributed by atoms with van der Waals surface area (Å²) in [6.07, 6.45) is 0. The van der Waals surface area contributed by atoms with Gasteiger partial charge in [0.15, 0.2) is 0 Å². The Labute approximate surface area is 191 Å². The van der Waals surface area contributed by atoms with Crippen LogP contribution < -0.4 is 4.90 Å². The molecule has 0 unspecified atom stereocenters. The van der Waals surface area contributed by atoms with Gasteiger partial charge in [0, 0.05) is 17.4 Å². The molecule has 1 fully saturated rings. The molecule has 3 aromatic rings. The van der Waals surface area contributed by atoms with E-state index in [1.54, 1.807) is 13.0 Å². The van der Waals surface area contributed by atoms with Crippen LogP contribution in [0.25, 0.3) is 0 Å². The third-order valence-electron chi connectivity index (χ3n) is 8.07. The zero-order valence-electron chi connectivity index (χ0n) is 18.5. The highest BCUT2D eigenvalue weighted by atomic mass is 16.6. The highest BCUT2D eigenvalue weighted by molar-refractivity contribution is 6.24. The number of carbonyl (C=O) groups is 2. The van der Waals surface area contributed by atoms with Gasteiger partial charge in [0.1, 0.15) is 5.69 Å². The normalized spacial score (nSPS) is 26.8. The lowest BCUT2D eigenvalue weighted by molar-refractivity contribution is -0.384. The van der Waals surface area contributed by atoms with E-state index in [2.05, 4.69) is 0 Å². The first-order chi connectivity index (χ1) is 15.8. The van der Waals surface area contributed by atoms with E-state index in [0.717, 1.165) is 38.3 Å². The van der Waals surface area contributed by atoms with Crippen LogP contribution in [0.5, 0.6) is 0 Å². The number of rotatable bonds is 2. The molecule has 6 nitrogen and oxygen atoms in total. The summed E-state index contributed by atoms with van der Waals surface area (Å²) in [4.78, 5) is 40.5. The van der Waals surface area contributed by atoms with Gasteiger partial charge in [0.25, 0.3) is 5.69 Å². The molecule has 0 saturated carbocycles. The van der Waals surface area contributed by atoms with E-state index < -0.39 is 22.2 Å². The highest BCUT2D eigenvalue weighted by Crippen LogP contribution is 2.64. The lowest BCUT2D eigenvalue weighted by Crippen LogP contribution is -2.51. The van der Waals surface area contributed by atoms with Crippen molar-refractivity contribution in [2.75, 3.05) is 4.90 Å². The molecular formula is C27H22N2O4. The van der Waals surface area contributed by atoms with Crippen LogP contribution in [-0.4, -0.2) is 16.7 Å². The molecule has 1 saturated heterocycles. The molecule has 2 bridgehead atoms. The van der Waals surface area contributed by atoms with Crippen molar-refractivity contribution < 1.29 is 14.5 Å². The maximum absolute atomic E-state index is 14.0. The predicted molar refractivity (Wildman–Crippen MR) is 123 cm³/mol. The molecule has 0 radical (unpaired) electrons. The molecule has 164 valence electrons. The fourth-order valence-electron chi connectivity index (χ4n) is 6.50. The number of anilines is 1. The van der Waals surface area contributed by atoms with Crippen molar-refractivity contribution in [1.29, 1.82) is 0 Å². The van der Waals surface area contributed by atoms with Crippen LogP contribution in [0.4, 0.5) is 11.4 Å². The summed E-state index contributed by atoms with van der Waals surface area (Å²) in [6, 6.07) is 19.1. The Morgan fingerprint density at radius 1 is 0.879 bits per heavy atom. The van der Waals surface area contributed by atoms with Gasteiger partial charge in [-0.1, -0.05) is 55.5 Å². The number of carbonyl (C=O) groups excluding carboxylic acids is 2. The number of nitrogens with zero attached hydrogens (tertiary/aromatic N) is 2. The molecule has 4 aliphatic rings. The van der Waals surface area contributed by atoms with E-state index in [1.807, 2.05) is 62.4 Å². The number of nitro groups is 1. The van der Waals surface area contributed by atoms with E-state index in [-0.39, 0.29) is 29.1 Å². The van der Waals surface area contributed by atoms with Crippen LogP contribution in [0.3, 0.4) is 0 Å². The lowest BCUT2D eigenvalue weighted by Gasteiger charge is -2.52. The van der Waals surface area contributed by atoms with Gasteiger partial charge >= 0.3 is 0 Å². The van der Waals surface area contributed by atoms with Crippen molar-refractivity contribution in [3.05, 3.63) is 104 Å². The van der Waals surface area contributed by atoms with Gasteiger partial charge in [-0.3, -0.25) is 19.7 Å². The van der Waals surface area contributed by atoms with Crippen molar-refractivity contribution in [3.8, 4) is 0 Å².